The van der Waals surface area contributed by atoms with Crippen molar-refractivity contribution in [2.75, 3.05) is 11.0 Å². The monoisotopic (exact) mass is 317 g/mol. The van der Waals surface area contributed by atoms with Crippen LogP contribution < -0.4 is 0 Å². The minimum atomic E-state index is 0.620. The quantitative estimate of drug-likeness (QED) is 0.625. The van der Waals surface area contributed by atoms with Gasteiger partial charge >= 0.3 is 0 Å². The summed E-state index contributed by atoms with van der Waals surface area (Å²) in [5, 5.41) is 2.15. The Hall–Kier alpha value is -0.130. The third-order valence-electron chi connectivity index (χ3n) is 2.74. The van der Waals surface area contributed by atoms with Crippen LogP contribution in [0.15, 0.2) is 30.3 Å². The van der Waals surface area contributed by atoms with Crippen LogP contribution in [0.5, 0.6) is 0 Å². The van der Waals surface area contributed by atoms with E-state index < -0.39 is 0 Å². The molecule has 1 aliphatic rings. The van der Waals surface area contributed by atoms with Gasteiger partial charge in [0.25, 0.3) is 0 Å². The molecule has 0 bridgehead atoms. The molecule has 0 amide bonds. The van der Waals surface area contributed by atoms with Gasteiger partial charge in [0.05, 0.1) is 6.61 Å². The average molecular weight is 317 g/mol. The summed E-state index contributed by atoms with van der Waals surface area (Å²) in [6.45, 7) is 1.79. The molecule has 15 heavy (non-hydrogen) atoms. The molecule has 0 N–H and O–H groups in total. The van der Waals surface area contributed by atoms with Crippen LogP contribution in [0.2, 0.25) is 0 Å². The lowest BCUT2D eigenvalue weighted by atomic mass is 10.2. The van der Waals surface area contributed by atoms with Gasteiger partial charge < -0.3 is 0 Å². The van der Waals surface area contributed by atoms with E-state index in [-0.39, 0.29) is 0 Å². The Morgan fingerprint density at radius 2 is 2.13 bits per heavy atom. The lowest BCUT2D eigenvalue weighted by molar-refractivity contribution is -0.173. The Kier molecular flexibility index (Phi) is 4.41. The van der Waals surface area contributed by atoms with Crippen molar-refractivity contribution in [3.63, 3.8) is 0 Å². The number of hydrogen-bond acceptors (Lipinski definition) is 2. The highest BCUT2D eigenvalue weighted by molar-refractivity contribution is 14.1. The van der Waals surface area contributed by atoms with Gasteiger partial charge in [-0.25, -0.2) is 0 Å². The van der Waals surface area contributed by atoms with Crippen LogP contribution in [-0.2, 0) is 11.4 Å². The van der Waals surface area contributed by atoms with Crippen LogP contribution in [0.25, 0.3) is 0 Å². The van der Waals surface area contributed by atoms with Crippen LogP contribution in [0.4, 0.5) is 0 Å². The van der Waals surface area contributed by atoms with Crippen molar-refractivity contribution in [2.24, 2.45) is 0 Å². The first-order valence-electron chi connectivity index (χ1n) is 5.39. The van der Waals surface area contributed by atoms with Crippen LogP contribution in [0, 0.1) is 0 Å². The molecule has 1 aromatic carbocycles. The van der Waals surface area contributed by atoms with E-state index in [1.54, 1.807) is 0 Å². The molecule has 1 aromatic rings. The molecule has 1 atom stereocenters. The molecule has 0 spiro atoms. The van der Waals surface area contributed by atoms with Gasteiger partial charge in [-0.05, 0) is 18.4 Å². The number of halogens is 1. The Bertz CT molecular complexity index is 291. The highest BCUT2D eigenvalue weighted by Crippen LogP contribution is 2.20. The van der Waals surface area contributed by atoms with E-state index in [1.807, 2.05) is 6.07 Å². The number of alkyl halides is 1. The standard InChI is InChI=1S/C12H16INO/c13-9-12-7-4-8-14(12)15-10-11-5-2-1-3-6-11/h1-3,5-6,12H,4,7-10H2. The molecule has 1 fully saturated rings. The number of rotatable bonds is 4. The lowest BCUT2D eigenvalue weighted by Crippen LogP contribution is -2.30. The molecule has 1 unspecified atom stereocenters. The molecule has 0 aliphatic carbocycles. The molecule has 0 aromatic heterocycles. The SMILES string of the molecule is ICC1CCCN1OCc1ccccc1. The van der Waals surface area contributed by atoms with Gasteiger partial charge in [-0.2, -0.15) is 5.06 Å². The number of benzene rings is 1. The van der Waals surface area contributed by atoms with Crippen molar-refractivity contribution >= 4 is 22.6 Å². The molecular formula is C12H16INO. The summed E-state index contributed by atoms with van der Waals surface area (Å²) in [6.07, 6.45) is 2.54. The first kappa shape index (κ1) is 11.4. The number of hydroxylamine groups is 2. The van der Waals surface area contributed by atoms with Crippen LogP contribution in [0.3, 0.4) is 0 Å². The minimum absolute atomic E-state index is 0.620. The molecule has 82 valence electrons. The highest BCUT2D eigenvalue weighted by Gasteiger charge is 2.23. The van der Waals surface area contributed by atoms with Gasteiger partial charge in [-0.15, -0.1) is 0 Å². The Morgan fingerprint density at radius 3 is 2.87 bits per heavy atom. The van der Waals surface area contributed by atoms with Crippen molar-refractivity contribution in [1.82, 2.24) is 5.06 Å². The molecule has 1 aliphatic heterocycles. The fourth-order valence-electron chi connectivity index (χ4n) is 1.87. The number of nitrogens with zero attached hydrogens (tertiary/aromatic N) is 1. The second-order valence-electron chi connectivity index (χ2n) is 3.85. The van der Waals surface area contributed by atoms with Crippen LogP contribution in [0.1, 0.15) is 18.4 Å². The molecule has 0 saturated carbocycles. The van der Waals surface area contributed by atoms with E-state index >= 15 is 0 Å². The van der Waals surface area contributed by atoms with Gasteiger partial charge in [-0.3, -0.25) is 4.84 Å². The van der Waals surface area contributed by atoms with E-state index in [0.717, 1.165) is 11.0 Å². The number of hydrogen-bond donors (Lipinski definition) is 0. The second kappa shape index (κ2) is 5.82. The summed E-state index contributed by atoms with van der Waals surface area (Å²) in [7, 11) is 0. The molecule has 2 nitrogen and oxygen atoms in total. The van der Waals surface area contributed by atoms with E-state index in [2.05, 4.69) is 51.9 Å². The summed E-state index contributed by atoms with van der Waals surface area (Å²) in [5.41, 5.74) is 1.25. The molecular weight excluding hydrogens is 301 g/mol. The van der Waals surface area contributed by atoms with E-state index in [0.29, 0.717) is 12.6 Å². The first-order chi connectivity index (χ1) is 7.40. The van der Waals surface area contributed by atoms with Crippen molar-refractivity contribution in [3.05, 3.63) is 35.9 Å². The summed E-state index contributed by atoms with van der Waals surface area (Å²) in [6, 6.07) is 11.0. The molecule has 2 rings (SSSR count). The van der Waals surface area contributed by atoms with Gasteiger partial charge in [0.15, 0.2) is 0 Å². The van der Waals surface area contributed by atoms with Crippen molar-refractivity contribution < 1.29 is 4.84 Å². The fraction of sp³-hybridized carbons (Fsp3) is 0.500. The van der Waals surface area contributed by atoms with Gasteiger partial charge in [0.2, 0.25) is 0 Å². The van der Waals surface area contributed by atoms with Gasteiger partial charge in [-0.1, -0.05) is 52.9 Å². The van der Waals surface area contributed by atoms with Crippen molar-refractivity contribution in [2.45, 2.75) is 25.5 Å². The zero-order chi connectivity index (χ0) is 10.5. The third-order valence-corrected chi connectivity index (χ3v) is 3.76. The Balaban J connectivity index is 1.83. The Morgan fingerprint density at radius 1 is 1.33 bits per heavy atom. The lowest BCUT2D eigenvalue weighted by Gasteiger charge is -2.21. The second-order valence-corrected chi connectivity index (χ2v) is 4.73. The largest absolute Gasteiger partial charge is 0.294 e. The summed E-state index contributed by atoms with van der Waals surface area (Å²) in [4.78, 5) is 5.82. The van der Waals surface area contributed by atoms with Crippen molar-refractivity contribution in [3.8, 4) is 0 Å². The third kappa shape index (κ3) is 3.16. The average Bonchev–Trinajstić information content (AvgIpc) is 2.75. The molecule has 3 heteroatoms. The topological polar surface area (TPSA) is 12.5 Å². The maximum absolute atomic E-state index is 5.82. The molecule has 0 radical (unpaired) electrons. The van der Waals surface area contributed by atoms with Crippen molar-refractivity contribution in [1.29, 1.82) is 0 Å². The summed E-state index contributed by atoms with van der Waals surface area (Å²) in [5.74, 6) is 0. The predicted octanol–water partition coefficient (Wildman–Crippen LogP) is 3.02. The van der Waals surface area contributed by atoms with E-state index in [1.165, 1.54) is 18.4 Å². The van der Waals surface area contributed by atoms with Crippen LogP contribution >= 0.6 is 22.6 Å². The summed E-state index contributed by atoms with van der Waals surface area (Å²) >= 11 is 2.44. The summed E-state index contributed by atoms with van der Waals surface area (Å²) < 4.78 is 1.16. The normalized spacial score (nSPS) is 22.1. The van der Waals surface area contributed by atoms with E-state index in [4.69, 9.17) is 4.84 Å². The van der Waals surface area contributed by atoms with Gasteiger partial charge in [0, 0.05) is 17.0 Å². The fourth-order valence-corrected chi connectivity index (χ4v) is 2.74. The highest BCUT2D eigenvalue weighted by atomic mass is 127. The zero-order valence-electron chi connectivity index (χ0n) is 8.73. The maximum atomic E-state index is 5.82. The van der Waals surface area contributed by atoms with Crippen LogP contribution in [-0.4, -0.2) is 22.1 Å². The van der Waals surface area contributed by atoms with Gasteiger partial charge in [0.1, 0.15) is 0 Å². The predicted molar refractivity (Wildman–Crippen MR) is 69.8 cm³/mol. The minimum Gasteiger partial charge on any atom is -0.294 e. The van der Waals surface area contributed by atoms with E-state index in [9.17, 15) is 0 Å². The maximum Gasteiger partial charge on any atom is 0.0936 e. The zero-order valence-corrected chi connectivity index (χ0v) is 10.9. The first-order valence-corrected chi connectivity index (χ1v) is 6.92. The molecule has 1 saturated heterocycles. The molecule has 1 heterocycles. The Labute approximate surface area is 105 Å². The smallest absolute Gasteiger partial charge is 0.0936 e.